The van der Waals surface area contributed by atoms with Crippen molar-refractivity contribution < 1.29 is 14.7 Å². The van der Waals surface area contributed by atoms with Gasteiger partial charge in [-0.2, -0.15) is 0 Å². The van der Waals surface area contributed by atoms with Crippen LogP contribution in [0.15, 0.2) is 53.7 Å². The Kier molecular flexibility index (Phi) is 5.18. The maximum absolute atomic E-state index is 10.7. The predicted molar refractivity (Wildman–Crippen MR) is 67.6 cm³/mol. The number of hydrogen-bond acceptors (Lipinski definition) is 3. The van der Waals surface area contributed by atoms with Crippen LogP contribution in [0.3, 0.4) is 0 Å². The minimum atomic E-state index is -0.990. The molecule has 0 radical (unpaired) electrons. The highest BCUT2D eigenvalue weighted by atomic mass is 16.4. The van der Waals surface area contributed by atoms with Crippen molar-refractivity contribution in [3.05, 3.63) is 54.4 Å². The molecule has 1 aliphatic heterocycles. The highest BCUT2D eigenvalue weighted by Crippen LogP contribution is 2.07. The zero-order chi connectivity index (χ0) is 13.4. The minimum absolute atomic E-state index is 0.0810. The molecule has 2 heterocycles. The summed E-state index contributed by atoms with van der Waals surface area (Å²) in [5, 5.41) is 8.32. The van der Waals surface area contributed by atoms with Gasteiger partial charge in [-0.25, -0.2) is 14.8 Å². The average Bonchev–Trinajstić information content (AvgIpc) is 2.78. The lowest BCUT2D eigenvalue weighted by Crippen LogP contribution is -1.97. The maximum Gasteiger partial charge on any atom is 0.354 e. The van der Waals surface area contributed by atoms with E-state index in [4.69, 9.17) is 5.11 Å². The molecule has 92 valence electrons. The summed E-state index contributed by atoms with van der Waals surface area (Å²) in [5.74, 6) is -1.12. The van der Waals surface area contributed by atoms with Gasteiger partial charge in [0.2, 0.25) is 0 Å². The van der Waals surface area contributed by atoms with Crippen molar-refractivity contribution in [2.75, 3.05) is 0 Å². The Morgan fingerprint density at radius 1 is 1.44 bits per heavy atom. The number of nitrogens with zero attached hydrogens (tertiary/aromatic N) is 2. The molecule has 0 spiro atoms. The molecule has 1 N–H and O–H groups in total. The molecule has 0 saturated carbocycles. The third-order valence-corrected chi connectivity index (χ3v) is 1.99. The normalized spacial score (nSPS) is 12.4. The topological polar surface area (TPSA) is 79.6 Å². The summed E-state index contributed by atoms with van der Waals surface area (Å²) in [4.78, 5) is 27.9. The van der Waals surface area contributed by atoms with Gasteiger partial charge in [-0.05, 0) is 24.6 Å². The SMILES string of the molecule is C=CCC1=CC=NC1=O.O=C(O)c1ccccn1. The lowest BCUT2D eigenvalue weighted by molar-refractivity contribution is -0.114. The molecule has 0 fully saturated rings. The van der Waals surface area contributed by atoms with Gasteiger partial charge in [-0.1, -0.05) is 12.1 Å². The number of carboxylic acids is 1. The summed E-state index contributed by atoms with van der Waals surface area (Å²) in [5.41, 5.74) is 0.808. The van der Waals surface area contributed by atoms with Gasteiger partial charge in [0.05, 0.1) is 0 Å². The first-order valence-corrected chi connectivity index (χ1v) is 5.18. The van der Waals surface area contributed by atoms with Gasteiger partial charge in [0, 0.05) is 18.0 Å². The van der Waals surface area contributed by atoms with Gasteiger partial charge in [0.25, 0.3) is 5.91 Å². The van der Waals surface area contributed by atoms with E-state index in [9.17, 15) is 9.59 Å². The monoisotopic (exact) mass is 244 g/mol. The number of aromatic nitrogens is 1. The van der Waals surface area contributed by atoms with Crippen molar-refractivity contribution in [3.8, 4) is 0 Å². The third-order valence-electron chi connectivity index (χ3n) is 1.99. The van der Waals surface area contributed by atoms with E-state index < -0.39 is 5.97 Å². The number of aliphatic imine (C=N–C) groups is 1. The van der Waals surface area contributed by atoms with E-state index in [1.165, 1.54) is 18.5 Å². The fourth-order valence-corrected chi connectivity index (χ4v) is 1.15. The Balaban J connectivity index is 0.000000180. The highest BCUT2D eigenvalue weighted by Gasteiger charge is 2.07. The molecule has 0 bridgehead atoms. The summed E-state index contributed by atoms with van der Waals surface area (Å²) < 4.78 is 0. The number of carbonyl (C=O) groups excluding carboxylic acids is 1. The van der Waals surface area contributed by atoms with Crippen LogP contribution in [0.5, 0.6) is 0 Å². The number of carbonyl (C=O) groups is 2. The summed E-state index contributed by atoms with van der Waals surface area (Å²) in [6.45, 7) is 3.51. The third kappa shape index (κ3) is 4.13. The number of pyridine rings is 1. The van der Waals surface area contributed by atoms with Crippen molar-refractivity contribution >= 4 is 18.1 Å². The molecule has 1 aromatic heterocycles. The molecule has 5 nitrogen and oxygen atoms in total. The Labute approximate surface area is 104 Å². The van der Waals surface area contributed by atoms with E-state index in [1.807, 2.05) is 0 Å². The van der Waals surface area contributed by atoms with Crippen LogP contribution in [0.2, 0.25) is 0 Å². The number of amides is 1. The smallest absolute Gasteiger partial charge is 0.354 e. The number of rotatable bonds is 3. The molecule has 0 saturated heterocycles. The van der Waals surface area contributed by atoms with Crippen LogP contribution in [0, 0.1) is 0 Å². The summed E-state index contributed by atoms with van der Waals surface area (Å²) in [6, 6.07) is 4.76. The van der Waals surface area contributed by atoms with Crippen LogP contribution >= 0.6 is 0 Å². The first kappa shape index (κ1) is 13.5. The second-order valence-corrected chi connectivity index (χ2v) is 3.29. The number of aromatic carboxylic acids is 1. The van der Waals surface area contributed by atoms with Gasteiger partial charge in [0.1, 0.15) is 5.69 Å². The molecular formula is C13H12N2O3. The summed E-state index contributed by atoms with van der Waals surface area (Å²) >= 11 is 0. The van der Waals surface area contributed by atoms with Crippen molar-refractivity contribution in [1.29, 1.82) is 0 Å². The quantitative estimate of drug-likeness (QED) is 0.823. The van der Waals surface area contributed by atoms with Gasteiger partial charge in [-0.15, -0.1) is 6.58 Å². The fourth-order valence-electron chi connectivity index (χ4n) is 1.15. The molecule has 1 amide bonds. The molecule has 1 aliphatic rings. The Bertz CT molecular complexity index is 504. The number of allylic oxidation sites excluding steroid dienone is 2. The molecule has 5 heteroatoms. The number of carboxylic acid groups (broad SMARTS) is 1. The molecule has 2 rings (SSSR count). The molecule has 1 aromatic rings. The van der Waals surface area contributed by atoms with Gasteiger partial charge < -0.3 is 5.11 Å². The lowest BCUT2D eigenvalue weighted by atomic mass is 10.2. The number of hydrogen-bond donors (Lipinski definition) is 1. The van der Waals surface area contributed by atoms with Gasteiger partial charge in [-0.3, -0.25) is 4.79 Å². The Morgan fingerprint density at radius 3 is 2.61 bits per heavy atom. The van der Waals surface area contributed by atoms with Crippen molar-refractivity contribution in [2.24, 2.45) is 4.99 Å². The van der Waals surface area contributed by atoms with Gasteiger partial charge >= 0.3 is 5.97 Å². The van der Waals surface area contributed by atoms with Crippen molar-refractivity contribution in [3.63, 3.8) is 0 Å². The van der Waals surface area contributed by atoms with Crippen LogP contribution in [0.1, 0.15) is 16.9 Å². The second-order valence-electron chi connectivity index (χ2n) is 3.29. The Morgan fingerprint density at radius 2 is 2.22 bits per heavy atom. The first-order valence-electron chi connectivity index (χ1n) is 5.18. The van der Waals surface area contributed by atoms with E-state index >= 15 is 0 Å². The molecule has 0 atom stereocenters. The van der Waals surface area contributed by atoms with Crippen LogP contribution < -0.4 is 0 Å². The minimum Gasteiger partial charge on any atom is -0.477 e. The fraction of sp³-hybridized carbons (Fsp3) is 0.0769. The van der Waals surface area contributed by atoms with E-state index in [0.717, 1.165) is 5.57 Å². The van der Waals surface area contributed by atoms with Gasteiger partial charge in [0.15, 0.2) is 0 Å². The van der Waals surface area contributed by atoms with E-state index in [-0.39, 0.29) is 11.6 Å². The molecule has 0 unspecified atom stereocenters. The lowest BCUT2D eigenvalue weighted by Gasteiger charge is -1.88. The largest absolute Gasteiger partial charge is 0.477 e. The zero-order valence-corrected chi connectivity index (χ0v) is 9.61. The Hall–Kier alpha value is -2.56. The summed E-state index contributed by atoms with van der Waals surface area (Å²) in [6.07, 6.45) is 6.99. The highest BCUT2D eigenvalue weighted by molar-refractivity contribution is 6.07. The van der Waals surface area contributed by atoms with E-state index in [2.05, 4.69) is 16.6 Å². The standard InChI is InChI=1S/C7H7NO.C6H5NO2/c1-2-3-6-4-5-8-7(6)9;8-6(9)5-3-1-2-4-7-5/h2,4-5H,1,3H2;1-4H,(H,8,9). The predicted octanol–water partition coefficient (Wildman–Crippen LogP) is 1.88. The van der Waals surface area contributed by atoms with E-state index in [1.54, 1.807) is 24.3 Å². The van der Waals surface area contributed by atoms with Crippen LogP contribution in [0.4, 0.5) is 0 Å². The van der Waals surface area contributed by atoms with Crippen molar-refractivity contribution in [2.45, 2.75) is 6.42 Å². The first-order chi connectivity index (χ1) is 8.65. The maximum atomic E-state index is 10.7. The average molecular weight is 244 g/mol. The van der Waals surface area contributed by atoms with Crippen LogP contribution in [-0.4, -0.2) is 28.2 Å². The van der Waals surface area contributed by atoms with Crippen LogP contribution in [0.25, 0.3) is 0 Å². The molecule has 0 aliphatic carbocycles. The molecular weight excluding hydrogens is 232 g/mol. The molecule has 18 heavy (non-hydrogen) atoms. The van der Waals surface area contributed by atoms with Crippen LogP contribution in [-0.2, 0) is 4.79 Å². The second kappa shape index (κ2) is 6.90. The molecule has 0 aromatic carbocycles. The van der Waals surface area contributed by atoms with Crippen molar-refractivity contribution in [1.82, 2.24) is 4.98 Å². The zero-order valence-electron chi connectivity index (χ0n) is 9.61. The summed E-state index contributed by atoms with van der Waals surface area (Å²) in [7, 11) is 0. The van der Waals surface area contributed by atoms with E-state index in [0.29, 0.717) is 6.42 Å².